The molecule has 0 amide bonds. The zero-order valence-corrected chi connectivity index (χ0v) is 11.8. The number of hydrogen-bond donors (Lipinski definition) is 0. The third-order valence-corrected chi connectivity index (χ3v) is 2.89. The van der Waals surface area contributed by atoms with Crippen molar-refractivity contribution >= 4 is 22.8 Å². The van der Waals surface area contributed by atoms with Gasteiger partial charge < -0.3 is 9.47 Å². The standard InChI is InChI=1S/C14H14O4S/c1-10(15)19-8-4-5-11-9-12(14(16)18-3)6-7-13(11)17-2/h6-7,9H,8H2,1-3H3. The monoisotopic (exact) mass is 278 g/mol. The molecule has 5 heteroatoms. The smallest absolute Gasteiger partial charge is 0.337 e. The molecule has 1 aromatic rings. The topological polar surface area (TPSA) is 52.6 Å². The van der Waals surface area contributed by atoms with Gasteiger partial charge in [0.25, 0.3) is 0 Å². The van der Waals surface area contributed by atoms with E-state index in [9.17, 15) is 9.59 Å². The summed E-state index contributed by atoms with van der Waals surface area (Å²) >= 11 is 1.13. The fourth-order valence-electron chi connectivity index (χ4n) is 1.32. The minimum Gasteiger partial charge on any atom is -0.495 e. The number of methoxy groups -OCH3 is 2. The lowest BCUT2D eigenvalue weighted by Gasteiger charge is -2.05. The van der Waals surface area contributed by atoms with Crippen LogP contribution in [0.2, 0.25) is 0 Å². The molecule has 0 atom stereocenters. The number of esters is 1. The van der Waals surface area contributed by atoms with Gasteiger partial charge in [0.2, 0.25) is 0 Å². The van der Waals surface area contributed by atoms with Crippen molar-refractivity contribution in [3.05, 3.63) is 29.3 Å². The van der Waals surface area contributed by atoms with Gasteiger partial charge in [-0.2, -0.15) is 0 Å². The van der Waals surface area contributed by atoms with Gasteiger partial charge in [-0.25, -0.2) is 4.79 Å². The first-order valence-corrected chi connectivity index (χ1v) is 6.45. The van der Waals surface area contributed by atoms with Crippen molar-refractivity contribution in [1.29, 1.82) is 0 Å². The lowest BCUT2D eigenvalue weighted by molar-refractivity contribution is -0.109. The van der Waals surface area contributed by atoms with Crippen molar-refractivity contribution in [2.45, 2.75) is 6.92 Å². The van der Waals surface area contributed by atoms with E-state index in [1.165, 1.54) is 21.1 Å². The van der Waals surface area contributed by atoms with E-state index in [2.05, 4.69) is 16.6 Å². The quantitative estimate of drug-likeness (QED) is 0.626. The molecule has 0 fully saturated rings. The summed E-state index contributed by atoms with van der Waals surface area (Å²) in [7, 11) is 2.85. The predicted octanol–water partition coefficient (Wildman–Crippen LogP) is 2.11. The molecular formula is C14H14O4S. The van der Waals surface area contributed by atoms with E-state index in [1.54, 1.807) is 18.2 Å². The summed E-state index contributed by atoms with van der Waals surface area (Å²) in [5, 5.41) is 0.0181. The van der Waals surface area contributed by atoms with Crippen molar-refractivity contribution in [3.63, 3.8) is 0 Å². The molecule has 0 heterocycles. The van der Waals surface area contributed by atoms with E-state index in [0.29, 0.717) is 22.6 Å². The second-order valence-electron chi connectivity index (χ2n) is 3.49. The Labute approximate surface area is 116 Å². The van der Waals surface area contributed by atoms with Gasteiger partial charge in [0.1, 0.15) is 5.75 Å². The maximum Gasteiger partial charge on any atom is 0.337 e. The maximum atomic E-state index is 11.4. The number of ether oxygens (including phenoxy) is 2. The van der Waals surface area contributed by atoms with Crippen LogP contribution in [0.15, 0.2) is 18.2 Å². The number of thioether (sulfide) groups is 1. The van der Waals surface area contributed by atoms with Gasteiger partial charge >= 0.3 is 5.97 Å². The summed E-state index contributed by atoms with van der Waals surface area (Å²) in [6, 6.07) is 4.88. The van der Waals surface area contributed by atoms with E-state index >= 15 is 0 Å². The highest BCUT2D eigenvalue weighted by molar-refractivity contribution is 8.13. The molecule has 100 valence electrons. The lowest BCUT2D eigenvalue weighted by atomic mass is 10.1. The van der Waals surface area contributed by atoms with Gasteiger partial charge in [-0.05, 0) is 18.2 Å². The first kappa shape index (κ1) is 15.1. The Morgan fingerprint density at radius 2 is 2.05 bits per heavy atom. The first-order valence-electron chi connectivity index (χ1n) is 5.47. The minimum atomic E-state index is -0.427. The van der Waals surface area contributed by atoms with Crippen LogP contribution in [0.3, 0.4) is 0 Å². The van der Waals surface area contributed by atoms with Crippen molar-refractivity contribution in [2.24, 2.45) is 0 Å². The van der Waals surface area contributed by atoms with Gasteiger partial charge in [0, 0.05) is 6.92 Å². The van der Waals surface area contributed by atoms with E-state index in [1.807, 2.05) is 0 Å². The highest BCUT2D eigenvalue weighted by Crippen LogP contribution is 2.19. The second-order valence-corrected chi connectivity index (χ2v) is 4.64. The molecule has 0 aromatic heterocycles. The van der Waals surface area contributed by atoms with Gasteiger partial charge in [-0.15, -0.1) is 0 Å². The van der Waals surface area contributed by atoms with Gasteiger partial charge in [-0.3, -0.25) is 4.79 Å². The predicted molar refractivity (Wildman–Crippen MR) is 74.4 cm³/mol. The first-order chi connectivity index (χ1) is 9.08. The van der Waals surface area contributed by atoms with Crippen molar-refractivity contribution in [3.8, 4) is 17.6 Å². The molecule has 0 aliphatic rings. The van der Waals surface area contributed by atoms with Crippen LogP contribution in [0.1, 0.15) is 22.8 Å². The van der Waals surface area contributed by atoms with Crippen LogP contribution in [0.25, 0.3) is 0 Å². The van der Waals surface area contributed by atoms with E-state index in [0.717, 1.165) is 11.8 Å². The van der Waals surface area contributed by atoms with Crippen LogP contribution < -0.4 is 4.74 Å². The molecule has 4 nitrogen and oxygen atoms in total. The fraction of sp³-hybridized carbons (Fsp3) is 0.286. The molecule has 0 bridgehead atoms. The Hall–Kier alpha value is -1.93. The van der Waals surface area contributed by atoms with Gasteiger partial charge in [0.05, 0.1) is 31.1 Å². The average Bonchev–Trinajstić information content (AvgIpc) is 2.42. The fourth-order valence-corrected chi connectivity index (χ4v) is 1.67. The molecule has 0 radical (unpaired) electrons. The molecule has 0 aliphatic carbocycles. The van der Waals surface area contributed by atoms with Gasteiger partial charge in [-0.1, -0.05) is 23.6 Å². The SMILES string of the molecule is COC(=O)c1ccc(OC)c(C#CCSC(C)=O)c1. The molecule has 0 saturated heterocycles. The van der Waals surface area contributed by atoms with Crippen molar-refractivity contribution in [2.75, 3.05) is 20.0 Å². The molecule has 0 unspecified atom stereocenters. The highest BCUT2D eigenvalue weighted by Gasteiger charge is 2.08. The molecule has 0 saturated carbocycles. The van der Waals surface area contributed by atoms with Crippen LogP contribution in [0.4, 0.5) is 0 Å². The minimum absolute atomic E-state index is 0.0181. The Morgan fingerprint density at radius 1 is 1.32 bits per heavy atom. The van der Waals surface area contributed by atoms with Crippen LogP contribution in [0, 0.1) is 11.8 Å². The van der Waals surface area contributed by atoms with E-state index < -0.39 is 5.97 Å². The largest absolute Gasteiger partial charge is 0.495 e. The number of hydrogen-bond acceptors (Lipinski definition) is 5. The van der Waals surface area contributed by atoms with E-state index in [4.69, 9.17) is 4.74 Å². The lowest BCUT2D eigenvalue weighted by Crippen LogP contribution is -2.02. The molecule has 1 rings (SSSR count). The van der Waals surface area contributed by atoms with Gasteiger partial charge in [0.15, 0.2) is 5.12 Å². The Balaban J connectivity index is 2.96. The van der Waals surface area contributed by atoms with Crippen LogP contribution >= 0.6 is 11.8 Å². The Morgan fingerprint density at radius 3 is 2.63 bits per heavy atom. The molecule has 1 aromatic carbocycles. The summed E-state index contributed by atoms with van der Waals surface area (Å²) < 4.78 is 9.81. The van der Waals surface area contributed by atoms with Crippen molar-refractivity contribution < 1.29 is 19.1 Å². The van der Waals surface area contributed by atoms with E-state index in [-0.39, 0.29) is 5.12 Å². The maximum absolute atomic E-state index is 11.4. The number of carbonyl (C=O) groups is 2. The third kappa shape index (κ3) is 4.68. The summed E-state index contributed by atoms with van der Waals surface area (Å²) in [6.07, 6.45) is 0. The average molecular weight is 278 g/mol. The zero-order valence-electron chi connectivity index (χ0n) is 11.0. The summed E-state index contributed by atoms with van der Waals surface area (Å²) in [6.45, 7) is 1.49. The van der Waals surface area contributed by atoms with Crippen LogP contribution in [0.5, 0.6) is 5.75 Å². The molecule has 0 N–H and O–H groups in total. The Kier molecular flexibility index (Phi) is 5.97. The van der Waals surface area contributed by atoms with Crippen molar-refractivity contribution in [1.82, 2.24) is 0 Å². The second kappa shape index (κ2) is 7.49. The Bertz CT molecular complexity index is 540. The summed E-state index contributed by atoms with van der Waals surface area (Å²) in [5.41, 5.74) is 1.00. The third-order valence-electron chi connectivity index (χ3n) is 2.19. The molecular weight excluding hydrogens is 264 g/mol. The number of benzene rings is 1. The van der Waals surface area contributed by atoms with Crippen LogP contribution in [-0.4, -0.2) is 31.1 Å². The summed E-state index contributed by atoms with van der Waals surface area (Å²) in [5.74, 6) is 6.29. The molecule has 0 aliphatic heterocycles. The number of rotatable bonds is 3. The zero-order chi connectivity index (χ0) is 14.3. The highest BCUT2D eigenvalue weighted by atomic mass is 32.2. The molecule has 19 heavy (non-hydrogen) atoms. The van der Waals surface area contributed by atoms with Crippen LogP contribution in [-0.2, 0) is 9.53 Å². The normalized spacial score (nSPS) is 9.21. The number of carbonyl (C=O) groups excluding carboxylic acids is 2. The summed E-state index contributed by atoms with van der Waals surface area (Å²) in [4.78, 5) is 22.2. The molecule has 0 spiro atoms.